The lowest BCUT2D eigenvalue weighted by atomic mass is 9.92. The van der Waals surface area contributed by atoms with E-state index in [4.69, 9.17) is 0 Å². The predicted octanol–water partition coefficient (Wildman–Crippen LogP) is 3.33. The second-order valence-electron chi connectivity index (χ2n) is 4.40. The minimum atomic E-state index is -0.528. The molecular weight excluding hydrogens is 240 g/mol. The van der Waals surface area contributed by atoms with Crippen molar-refractivity contribution < 1.29 is 14.6 Å². The lowest BCUT2D eigenvalue weighted by molar-refractivity contribution is 0.0597. The van der Waals surface area contributed by atoms with Crippen LogP contribution in [0.15, 0.2) is 48.5 Å². The Kier molecular flexibility index (Phi) is 3.85. The Bertz CT molecular complexity index is 576. The maximum absolute atomic E-state index is 11.6. The maximum atomic E-state index is 11.6. The molecule has 0 spiro atoms. The first-order valence-corrected chi connectivity index (χ1v) is 6.09. The average molecular weight is 256 g/mol. The molecule has 2 aromatic carbocycles. The van der Waals surface area contributed by atoms with Crippen molar-refractivity contribution in [2.75, 3.05) is 7.11 Å². The van der Waals surface area contributed by atoms with E-state index in [9.17, 15) is 9.90 Å². The lowest BCUT2D eigenvalue weighted by Gasteiger charge is -2.14. The average Bonchev–Trinajstić information content (AvgIpc) is 2.47. The van der Waals surface area contributed by atoms with E-state index in [-0.39, 0.29) is 17.2 Å². The van der Waals surface area contributed by atoms with Crippen LogP contribution >= 0.6 is 0 Å². The number of hydrogen-bond donors (Lipinski definition) is 1. The van der Waals surface area contributed by atoms with Gasteiger partial charge < -0.3 is 9.84 Å². The Morgan fingerprint density at radius 2 is 1.79 bits per heavy atom. The fraction of sp³-hybridized carbons (Fsp3) is 0.188. The van der Waals surface area contributed by atoms with Crippen molar-refractivity contribution in [3.8, 4) is 5.75 Å². The van der Waals surface area contributed by atoms with Crippen molar-refractivity contribution in [3.63, 3.8) is 0 Å². The summed E-state index contributed by atoms with van der Waals surface area (Å²) in [6.07, 6.45) is 0. The van der Waals surface area contributed by atoms with Crippen molar-refractivity contribution in [1.82, 2.24) is 0 Å². The van der Waals surface area contributed by atoms with Crippen LogP contribution in [0, 0.1) is 0 Å². The number of ether oxygens (including phenoxy) is 1. The van der Waals surface area contributed by atoms with Crippen molar-refractivity contribution in [2.45, 2.75) is 12.8 Å². The molecule has 1 N–H and O–H groups in total. The number of carbonyl (C=O) groups excluding carboxylic acids is 1. The zero-order valence-electron chi connectivity index (χ0n) is 11.0. The summed E-state index contributed by atoms with van der Waals surface area (Å²) >= 11 is 0. The summed E-state index contributed by atoms with van der Waals surface area (Å²) < 4.78 is 4.66. The molecule has 2 aromatic rings. The Hall–Kier alpha value is -2.29. The van der Waals surface area contributed by atoms with Crippen molar-refractivity contribution >= 4 is 5.97 Å². The monoisotopic (exact) mass is 256 g/mol. The van der Waals surface area contributed by atoms with Gasteiger partial charge in [-0.1, -0.05) is 43.3 Å². The summed E-state index contributed by atoms with van der Waals surface area (Å²) in [6.45, 7) is 2.06. The molecular formula is C16H16O3. The molecule has 0 heterocycles. The lowest BCUT2D eigenvalue weighted by Crippen LogP contribution is -2.04. The smallest absolute Gasteiger partial charge is 0.341 e. The SMILES string of the molecule is COC(=O)c1cc(C(C)c2ccccc2)ccc1O. The van der Waals surface area contributed by atoms with Crippen LogP contribution in [0.1, 0.15) is 34.3 Å². The highest BCUT2D eigenvalue weighted by molar-refractivity contribution is 5.92. The summed E-state index contributed by atoms with van der Waals surface area (Å²) in [5.74, 6) is -0.444. The molecule has 3 heteroatoms. The van der Waals surface area contributed by atoms with E-state index in [1.807, 2.05) is 36.4 Å². The molecule has 0 radical (unpaired) electrons. The Morgan fingerprint density at radius 1 is 1.11 bits per heavy atom. The minimum absolute atomic E-state index is 0.0594. The first-order valence-electron chi connectivity index (χ1n) is 6.09. The second kappa shape index (κ2) is 5.57. The largest absolute Gasteiger partial charge is 0.507 e. The van der Waals surface area contributed by atoms with E-state index >= 15 is 0 Å². The molecule has 0 bridgehead atoms. The van der Waals surface area contributed by atoms with E-state index in [2.05, 4.69) is 11.7 Å². The molecule has 0 aromatic heterocycles. The Morgan fingerprint density at radius 3 is 2.42 bits per heavy atom. The van der Waals surface area contributed by atoms with Gasteiger partial charge in [0.15, 0.2) is 0 Å². The van der Waals surface area contributed by atoms with Gasteiger partial charge in [0.1, 0.15) is 11.3 Å². The Balaban J connectivity index is 2.38. The first-order chi connectivity index (χ1) is 9.13. The zero-order valence-corrected chi connectivity index (χ0v) is 11.0. The van der Waals surface area contributed by atoms with Gasteiger partial charge in [0.25, 0.3) is 0 Å². The van der Waals surface area contributed by atoms with Crippen molar-refractivity contribution in [2.24, 2.45) is 0 Å². The number of hydrogen-bond acceptors (Lipinski definition) is 3. The highest BCUT2D eigenvalue weighted by Gasteiger charge is 2.15. The summed E-state index contributed by atoms with van der Waals surface area (Å²) in [7, 11) is 1.30. The van der Waals surface area contributed by atoms with Gasteiger partial charge in [0.2, 0.25) is 0 Å². The van der Waals surface area contributed by atoms with E-state index in [1.165, 1.54) is 13.2 Å². The summed E-state index contributed by atoms with van der Waals surface area (Å²) in [5, 5.41) is 9.69. The minimum Gasteiger partial charge on any atom is -0.507 e. The fourth-order valence-corrected chi connectivity index (χ4v) is 2.03. The topological polar surface area (TPSA) is 46.5 Å². The van der Waals surface area contributed by atoms with Crippen molar-refractivity contribution in [3.05, 3.63) is 65.2 Å². The predicted molar refractivity (Wildman–Crippen MR) is 73.4 cm³/mol. The molecule has 1 unspecified atom stereocenters. The highest BCUT2D eigenvalue weighted by atomic mass is 16.5. The number of aromatic hydroxyl groups is 1. The van der Waals surface area contributed by atoms with Crippen LogP contribution in [0.5, 0.6) is 5.75 Å². The summed E-state index contributed by atoms with van der Waals surface area (Å²) in [4.78, 5) is 11.6. The molecule has 0 aliphatic carbocycles. The third-order valence-electron chi connectivity index (χ3n) is 3.23. The van der Waals surface area contributed by atoms with E-state index in [0.29, 0.717) is 0 Å². The van der Waals surface area contributed by atoms with Gasteiger partial charge in [-0.3, -0.25) is 0 Å². The number of rotatable bonds is 3. The third-order valence-corrected chi connectivity index (χ3v) is 3.23. The van der Waals surface area contributed by atoms with Gasteiger partial charge in [-0.05, 0) is 23.3 Å². The summed E-state index contributed by atoms with van der Waals surface area (Å²) in [5.41, 5.74) is 2.32. The Labute approximate surface area is 112 Å². The molecule has 0 aliphatic rings. The molecule has 3 nitrogen and oxygen atoms in total. The molecule has 98 valence electrons. The number of esters is 1. The molecule has 0 saturated carbocycles. The van der Waals surface area contributed by atoms with Crippen LogP contribution in [0.2, 0.25) is 0 Å². The van der Waals surface area contributed by atoms with E-state index in [1.54, 1.807) is 6.07 Å². The summed E-state index contributed by atoms with van der Waals surface area (Å²) in [6, 6.07) is 15.0. The molecule has 0 amide bonds. The normalized spacial score (nSPS) is 11.9. The molecule has 0 saturated heterocycles. The van der Waals surface area contributed by atoms with Gasteiger partial charge in [-0.25, -0.2) is 4.79 Å². The quantitative estimate of drug-likeness (QED) is 0.857. The van der Waals surface area contributed by atoms with Crippen LogP contribution in [-0.2, 0) is 4.74 Å². The number of phenols is 1. The molecule has 0 fully saturated rings. The fourth-order valence-electron chi connectivity index (χ4n) is 2.03. The molecule has 2 rings (SSSR count). The van der Waals surface area contributed by atoms with Gasteiger partial charge in [-0.15, -0.1) is 0 Å². The standard InChI is InChI=1S/C16H16O3/c1-11(12-6-4-3-5-7-12)13-8-9-15(17)14(10-13)16(18)19-2/h3-11,17H,1-2H3. The number of benzene rings is 2. The van der Waals surface area contributed by atoms with Crippen LogP contribution < -0.4 is 0 Å². The molecule has 19 heavy (non-hydrogen) atoms. The third kappa shape index (κ3) is 2.76. The van der Waals surface area contributed by atoms with Crippen LogP contribution in [-0.4, -0.2) is 18.2 Å². The first kappa shape index (κ1) is 13.1. The number of phenolic OH excluding ortho intramolecular Hbond substituents is 1. The number of methoxy groups -OCH3 is 1. The molecule has 0 aliphatic heterocycles. The van der Waals surface area contributed by atoms with Crippen LogP contribution in [0.25, 0.3) is 0 Å². The molecule has 1 atom stereocenters. The second-order valence-corrected chi connectivity index (χ2v) is 4.40. The van der Waals surface area contributed by atoms with Gasteiger partial charge >= 0.3 is 5.97 Å². The van der Waals surface area contributed by atoms with Gasteiger partial charge in [-0.2, -0.15) is 0 Å². The van der Waals surface area contributed by atoms with E-state index < -0.39 is 5.97 Å². The van der Waals surface area contributed by atoms with Crippen LogP contribution in [0.4, 0.5) is 0 Å². The van der Waals surface area contributed by atoms with Crippen molar-refractivity contribution in [1.29, 1.82) is 0 Å². The van der Waals surface area contributed by atoms with Gasteiger partial charge in [0, 0.05) is 5.92 Å². The van der Waals surface area contributed by atoms with Gasteiger partial charge in [0.05, 0.1) is 7.11 Å². The number of carbonyl (C=O) groups is 1. The highest BCUT2D eigenvalue weighted by Crippen LogP contribution is 2.28. The maximum Gasteiger partial charge on any atom is 0.341 e. The zero-order chi connectivity index (χ0) is 13.8. The van der Waals surface area contributed by atoms with Crippen LogP contribution in [0.3, 0.4) is 0 Å². The van der Waals surface area contributed by atoms with E-state index in [0.717, 1.165) is 11.1 Å².